The van der Waals surface area contributed by atoms with E-state index in [1.54, 1.807) is 6.33 Å². The minimum absolute atomic E-state index is 0.243. The standard InChI is InChI=1S/C11H22N4O/c1-4-6-15-11(13-9-14-15)8-12-7-10(3)16-5-2/h9-10,12H,4-8H2,1-3H3. The van der Waals surface area contributed by atoms with E-state index in [-0.39, 0.29) is 6.10 Å². The molecule has 16 heavy (non-hydrogen) atoms. The summed E-state index contributed by atoms with van der Waals surface area (Å²) in [6, 6.07) is 0. The maximum atomic E-state index is 5.43. The summed E-state index contributed by atoms with van der Waals surface area (Å²) in [5.41, 5.74) is 0. The van der Waals surface area contributed by atoms with E-state index in [0.29, 0.717) is 0 Å². The molecule has 1 atom stereocenters. The van der Waals surface area contributed by atoms with Crippen molar-refractivity contribution >= 4 is 0 Å². The van der Waals surface area contributed by atoms with Gasteiger partial charge >= 0.3 is 0 Å². The van der Waals surface area contributed by atoms with Crippen molar-refractivity contribution in [2.45, 2.75) is 46.4 Å². The number of ether oxygens (including phenoxy) is 1. The monoisotopic (exact) mass is 226 g/mol. The normalized spacial score (nSPS) is 12.9. The molecule has 1 heterocycles. The Bertz CT molecular complexity index is 287. The van der Waals surface area contributed by atoms with Crippen molar-refractivity contribution in [1.29, 1.82) is 0 Å². The topological polar surface area (TPSA) is 52.0 Å². The first-order valence-electron chi connectivity index (χ1n) is 5.96. The van der Waals surface area contributed by atoms with Crippen molar-refractivity contribution in [3.8, 4) is 0 Å². The zero-order chi connectivity index (χ0) is 11.8. The first-order chi connectivity index (χ1) is 7.77. The summed E-state index contributed by atoms with van der Waals surface area (Å²) in [5, 5.41) is 7.50. The van der Waals surface area contributed by atoms with Gasteiger partial charge in [0.05, 0.1) is 12.6 Å². The lowest BCUT2D eigenvalue weighted by molar-refractivity contribution is 0.0757. The molecular formula is C11H22N4O. The highest BCUT2D eigenvalue weighted by Crippen LogP contribution is 1.96. The van der Waals surface area contributed by atoms with Crippen LogP contribution in [-0.4, -0.2) is 34.0 Å². The molecule has 1 unspecified atom stereocenters. The van der Waals surface area contributed by atoms with E-state index >= 15 is 0 Å². The van der Waals surface area contributed by atoms with E-state index in [1.165, 1.54) is 0 Å². The molecule has 0 aliphatic heterocycles. The molecular weight excluding hydrogens is 204 g/mol. The number of aryl methyl sites for hydroxylation is 1. The van der Waals surface area contributed by atoms with E-state index in [4.69, 9.17) is 4.74 Å². The molecule has 5 nitrogen and oxygen atoms in total. The Labute approximate surface area is 97.2 Å². The van der Waals surface area contributed by atoms with E-state index in [1.807, 2.05) is 11.6 Å². The third-order valence-electron chi connectivity index (χ3n) is 2.30. The third kappa shape index (κ3) is 4.28. The Balaban J connectivity index is 2.28. The lowest BCUT2D eigenvalue weighted by Gasteiger charge is -2.12. The van der Waals surface area contributed by atoms with Gasteiger partial charge in [0.2, 0.25) is 0 Å². The van der Waals surface area contributed by atoms with Crippen LogP contribution in [0.4, 0.5) is 0 Å². The van der Waals surface area contributed by atoms with Crippen molar-refractivity contribution in [3.63, 3.8) is 0 Å². The molecule has 0 saturated carbocycles. The zero-order valence-corrected chi connectivity index (χ0v) is 10.4. The van der Waals surface area contributed by atoms with Crippen LogP contribution in [-0.2, 0) is 17.8 Å². The minimum atomic E-state index is 0.243. The fourth-order valence-electron chi connectivity index (χ4n) is 1.55. The third-order valence-corrected chi connectivity index (χ3v) is 2.30. The van der Waals surface area contributed by atoms with Crippen LogP contribution >= 0.6 is 0 Å². The van der Waals surface area contributed by atoms with Crippen molar-refractivity contribution in [2.24, 2.45) is 0 Å². The van der Waals surface area contributed by atoms with E-state index < -0.39 is 0 Å². The number of hydrogen-bond acceptors (Lipinski definition) is 4. The Hall–Kier alpha value is -0.940. The molecule has 1 N–H and O–H groups in total. The Morgan fingerprint density at radius 3 is 3.00 bits per heavy atom. The lowest BCUT2D eigenvalue weighted by atomic mass is 10.4. The minimum Gasteiger partial charge on any atom is -0.377 e. The number of nitrogens with one attached hydrogen (secondary N) is 1. The van der Waals surface area contributed by atoms with Gasteiger partial charge in [0, 0.05) is 19.7 Å². The van der Waals surface area contributed by atoms with Gasteiger partial charge in [-0.1, -0.05) is 6.92 Å². The van der Waals surface area contributed by atoms with Crippen LogP contribution in [0.1, 0.15) is 33.0 Å². The molecule has 0 spiro atoms. The van der Waals surface area contributed by atoms with Gasteiger partial charge in [-0.25, -0.2) is 9.67 Å². The SMILES string of the molecule is CCCn1ncnc1CNCC(C)OCC. The van der Waals surface area contributed by atoms with Crippen LogP contribution < -0.4 is 5.32 Å². The summed E-state index contributed by atoms with van der Waals surface area (Å²) in [5.74, 6) is 0.991. The van der Waals surface area contributed by atoms with Gasteiger partial charge < -0.3 is 10.1 Å². The van der Waals surface area contributed by atoms with Gasteiger partial charge in [0.1, 0.15) is 12.2 Å². The largest absolute Gasteiger partial charge is 0.377 e. The first-order valence-corrected chi connectivity index (χ1v) is 5.96. The summed E-state index contributed by atoms with van der Waals surface area (Å²) in [6.07, 6.45) is 2.93. The van der Waals surface area contributed by atoms with Crippen LogP contribution in [0.25, 0.3) is 0 Å². The summed E-state index contributed by atoms with van der Waals surface area (Å²) in [6.45, 7) is 9.48. The Kier molecular flexibility index (Phi) is 6.03. The molecule has 0 bridgehead atoms. The van der Waals surface area contributed by atoms with E-state index in [0.717, 1.165) is 38.5 Å². The molecule has 0 aromatic carbocycles. The summed E-state index contributed by atoms with van der Waals surface area (Å²) in [7, 11) is 0. The Morgan fingerprint density at radius 2 is 2.31 bits per heavy atom. The van der Waals surface area contributed by atoms with Crippen LogP contribution in [0.5, 0.6) is 0 Å². The molecule has 0 amide bonds. The quantitative estimate of drug-likeness (QED) is 0.723. The molecule has 1 aromatic heterocycles. The van der Waals surface area contributed by atoms with Gasteiger partial charge in [-0.3, -0.25) is 0 Å². The highest BCUT2D eigenvalue weighted by Gasteiger charge is 2.04. The molecule has 92 valence electrons. The second kappa shape index (κ2) is 7.35. The predicted octanol–water partition coefficient (Wildman–Crippen LogP) is 1.20. The molecule has 0 radical (unpaired) electrons. The Morgan fingerprint density at radius 1 is 1.50 bits per heavy atom. The number of aromatic nitrogens is 3. The molecule has 0 fully saturated rings. The van der Waals surface area contributed by atoms with Crippen molar-refractivity contribution < 1.29 is 4.74 Å². The van der Waals surface area contributed by atoms with Crippen molar-refractivity contribution in [3.05, 3.63) is 12.2 Å². The molecule has 5 heteroatoms. The van der Waals surface area contributed by atoms with Crippen LogP contribution in [0.3, 0.4) is 0 Å². The highest BCUT2D eigenvalue weighted by molar-refractivity contribution is 4.83. The fourth-order valence-corrected chi connectivity index (χ4v) is 1.55. The summed E-state index contributed by atoms with van der Waals surface area (Å²) in [4.78, 5) is 4.23. The first kappa shape index (κ1) is 13.1. The van der Waals surface area contributed by atoms with Gasteiger partial charge in [-0.15, -0.1) is 0 Å². The van der Waals surface area contributed by atoms with E-state index in [2.05, 4.69) is 29.2 Å². The average molecular weight is 226 g/mol. The van der Waals surface area contributed by atoms with Gasteiger partial charge in [0.25, 0.3) is 0 Å². The maximum Gasteiger partial charge on any atom is 0.140 e. The van der Waals surface area contributed by atoms with Gasteiger partial charge in [0.15, 0.2) is 0 Å². The molecule has 0 saturated heterocycles. The predicted molar refractivity (Wildman–Crippen MR) is 63.1 cm³/mol. The van der Waals surface area contributed by atoms with Crippen molar-refractivity contribution in [2.75, 3.05) is 13.2 Å². The fraction of sp³-hybridized carbons (Fsp3) is 0.818. The highest BCUT2D eigenvalue weighted by atomic mass is 16.5. The van der Waals surface area contributed by atoms with Crippen LogP contribution in [0.15, 0.2) is 6.33 Å². The van der Waals surface area contributed by atoms with Gasteiger partial charge in [-0.2, -0.15) is 5.10 Å². The second-order valence-corrected chi connectivity index (χ2v) is 3.80. The number of nitrogens with zero attached hydrogens (tertiary/aromatic N) is 3. The number of rotatable bonds is 8. The number of hydrogen-bond donors (Lipinski definition) is 1. The van der Waals surface area contributed by atoms with E-state index in [9.17, 15) is 0 Å². The molecule has 0 aliphatic rings. The van der Waals surface area contributed by atoms with Crippen LogP contribution in [0.2, 0.25) is 0 Å². The van der Waals surface area contributed by atoms with Crippen molar-refractivity contribution in [1.82, 2.24) is 20.1 Å². The summed E-state index contributed by atoms with van der Waals surface area (Å²) >= 11 is 0. The molecule has 0 aliphatic carbocycles. The smallest absolute Gasteiger partial charge is 0.140 e. The van der Waals surface area contributed by atoms with Crippen LogP contribution in [0, 0.1) is 0 Å². The lowest BCUT2D eigenvalue weighted by Crippen LogP contribution is -2.27. The second-order valence-electron chi connectivity index (χ2n) is 3.80. The molecule has 1 rings (SSSR count). The average Bonchev–Trinajstić information content (AvgIpc) is 2.67. The molecule has 1 aromatic rings. The maximum absolute atomic E-state index is 5.43. The zero-order valence-electron chi connectivity index (χ0n) is 10.4. The summed E-state index contributed by atoms with van der Waals surface area (Å²) < 4.78 is 7.38. The van der Waals surface area contributed by atoms with Gasteiger partial charge in [-0.05, 0) is 20.3 Å².